The van der Waals surface area contributed by atoms with Gasteiger partial charge in [0.15, 0.2) is 0 Å². The lowest BCUT2D eigenvalue weighted by Crippen LogP contribution is -2.47. The summed E-state index contributed by atoms with van der Waals surface area (Å²) in [6.45, 7) is 5.84. The van der Waals surface area contributed by atoms with E-state index in [2.05, 4.69) is 10.3 Å². The Balaban J connectivity index is 1.73. The molecule has 1 aromatic heterocycles. The van der Waals surface area contributed by atoms with Gasteiger partial charge in [0.05, 0.1) is 21.1 Å². The van der Waals surface area contributed by atoms with Crippen LogP contribution in [0.5, 0.6) is 0 Å². The molecule has 0 bridgehead atoms. The van der Waals surface area contributed by atoms with Crippen molar-refractivity contribution in [1.29, 1.82) is 0 Å². The van der Waals surface area contributed by atoms with Gasteiger partial charge in [-0.2, -0.15) is 0 Å². The molecule has 2 heterocycles. The number of aryl methyl sites for hydroxylation is 1. The van der Waals surface area contributed by atoms with Crippen LogP contribution in [0, 0.1) is 18.8 Å². The molecule has 3 unspecified atom stereocenters. The molecule has 0 spiro atoms. The summed E-state index contributed by atoms with van der Waals surface area (Å²) in [6, 6.07) is 4.70. The Morgan fingerprint density at radius 1 is 1.44 bits per heavy atom. The highest BCUT2D eigenvalue weighted by Crippen LogP contribution is 2.30. The topological polar surface area (TPSA) is 99.6 Å². The van der Waals surface area contributed by atoms with Crippen molar-refractivity contribution in [2.24, 2.45) is 11.8 Å². The standard InChI is InChI=1S/C19H23N3O4S/c1-4-10(2)17(19(25)26)21-18(24)12-7-16(23)22(9-12)13-5-6-15-14(8-13)20-11(3)27-15/h5-6,8,10,12,17H,4,7,9H2,1-3H3,(H,21,24)(H,25,26). The van der Waals surface area contributed by atoms with Crippen LogP contribution in [0.1, 0.15) is 31.7 Å². The molecule has 1 fully saturated rings. The fourth-order valence-corrected chi connectivity index (χ4v) is 4.09. The van der Waals surface area contributed by atoms with Gasteiger partial charge in [0.1, 0.15) is 6.04 Å². The predicted molar refractivity (Wildman–Crippen MR) is 104 cm³/mol. The van der Waals surface area contributed by atoms with E-state index in [0.717, 1.165) is 15.2 Å². The number of fused-ring (bicyclic) bond motifs is 1. The summed E-state index contributed by atoms with van der Waals surface area (Å²) in [5.41, 5.74) is 1.54. The molecule has 1 aromatic carbocycles. The maximum atomic E-state index is 12.6. The second-order valence-corrected chi connectivity index (χ2v) is 8.24. The van der Waals surface area contributed by atoms with Crippen LogP contribution in [0.25, 0.3) is 10.2 Å². The highest BCUT2D eigenvalue weighted by molar-refractivity contribution is 7.18. The first-order valence-electron chi connectivity index (χ1n) is 9.01. The highest BCUT2D eigenvalue weighted by atomic mass is 32.1. The van der Waals surface area contributed by atoms with Gasteiger partial charge in [0.2, 0.25) is 11.8 Å². The van der Waals surface area contributed by atoms with Gasteiger partial charge in [-0.25, -0.2) is 9.78 Å². The molecule has 3 atom stereocenters. The molecular weight excluding hydrogens is 366 g/mol. The fraction of sp³-hybridized carbons (Fsp3) is 0.474. The molecule has 1 saturated heterocycles. The quantitative estimate of drug-likeness (QED) is 0.791. The number of nitrogens with one attached hydrogen (secondary N) is 1. The molecule has 3 rings (SSSR count). The van der Waals surface area contributed by atoms with Gasteiger partial charge in [-0.05, 0) is 31.0 Å². The number of amides is 2. The zero-order chi connectivity index (χ0) is 19.7. The van der Waals surface area contributed by atoms with Crippen molar-refractivity contribution in [3.8, 4) is 0 Å². The first kappa shape index (κ1) is 19.3. The van der Waals surface area contributed by atoms with Gasteiger partial charge < -0.3 is 15.3 Å². The van der Waals surface area contributed by atoms with Crippen molar-refractivity contribution >= 4 is 45.0 Å². The molecule has 0 radical (unpaired) electrons. The number of carboxylic acid groups (broad SMARTS) is 1. The number of thiazole rings is 1. The molecular formula is C19H23N3O4S. The summed E-state index contributed by atoms with van der Waals surface area (Å²) >= 11 is 1.59. The molecule has 2 amide bonds. The number of benzene rings is 1. The van der Waals surface area contributed by atoms with Crippen LogP contribution in [-0.4, -0.2) is 40.5 Å². The lowest BCUT2D eigenvalue weighted by atomic mass is 9.98. The third-order valence-corrected chi connectivity index (χ3v) is 6.01. The third-order valence-electron chi connectivity index (χ3n) is 5.06. The van der Waals surface area contributed by atoms with Crippen molar-refractivity contribution in [1.82, 2.24) is 10.3 Å². The van der Waals surface area contributed by atoms with E-state index in [1.165, 1.54) is 0 Å². The Labute approximate surface area is 161 Å². The molecule has 2 aromatic rings. The number of aliphatic carboxylic acids is 1. The van der Waals surface area contributed by atoms with Crippen molar-refractivity contribution in [2.45, 2.75) is 39.7 Å². The van der Waals surface area contributed by atoms with Crippen molar-refractivity contribution in [3.63, 3.8) is 0 Å². The number of carbonyl (C=O) groups is 3. The lowest BCUT2D eigenvalue weighted by Gasteiger charge is -2.22. The van der Waals surface area contributed by atoms with Crippen LogP contribution in [0.4, 0.5) is 5.69 Å². The molecule has 2 N–H and O–H groups in total. The molecule has 7 nitrogen and oxygen atoms in total. The van der Waals surface area contributed by atoms with E-state index in [1.54, 1.807) is 23.2 Å². The van der Waals surface area contributed by atoms with Gasteiger partial charge in [0, 0.05) is 18.7 Å². The van der Waals surface area contributed by atoms with Gasteiger partial charge in [-0.1, -0.05) is 20.3 Å². The van der Waals surface area contributed by atoms with Gasteiger partial charge >= 0.3 is 5.97 Å². The van der Waals surface area contributed by atoms with Crippen LogP contribution in [0.2, 0.25) is 0 Å². The number of aromatic nitrogens is 1. The van der Waals surface area contributed by atoms with E-state index in [9.17, 15) is 19.5 Å². The maximum Gasteiger partial charge on any atom is 0.326 e. The minimum absolute atomic E-state index is 0.0762. The minimum Gasteiger partial charge on any atom is -0.480 e. The molecule has 27 heavy (non-hydrogen) atoms. The maximum absolute atomic E-state index is 12.6. The summed E-state index contributed by atoms with van der Waals surface area (Å²) in [4.78, 5) is 42.5. The number of carbonyl (C=O) groups excluding carboxylic acids is 2. The molecule has 0 aliphatic carbocycles. The first-order valence-corrected chi connectivity index (χ1v) is 9.82. The second kappa shape index (κ2) is 7.64. The minimum atomic E-state index is -1.05. The Morgan fingerprint density at radius 2 is 2.19 bits per heavy atom. The van der Waals surface area contributed by atoms with Gasteiger partial charge in [-0.3, -0.25) is 9.59 Å². The lowest BCUT2D eigenvalue weighted by molar-refractivity contribution is -0.143. The molecule has 8 heteroatoms. The normalized spacial score (nSPS) is 19.3. The van der Waals surface area contributed by atoms with Crippen LogP contribution < -0.4 is 10.2 Å². The monoisotopic (exact) mass is 389 g/mol. The van der Waals surface area contributed by atoms with Gasteiger partial charge in [0.25, 0.3) is 0 Å². The smallest absolute Gasteiger partial charge is 0.326 e. The Kier molecular flexibility index (Phi) is 5.46. The van der Waals surface area contributed by atoms with E-state index in [1.807, 2.05) is 32.0 Å². The van der Waals surface area contributed by atoms with Crippen LogP contribution >= 0.6 is 11.3 Å². The zero-order valence-electron chi connectivity index (χ0n) is 15.6. The molecule has 1 aliphatic heterocycles. The number of nitrogens with zero attached hydrogens (tertiary/aromatic N) is 2. The van der Waals surface area contributed by atoms with Crippen LogP contribution in [0.15, 0.2) is 18.2 Å². The van der Waals surface area contributed by atoms with Gasteiger partial charge in [-0.15, -0.1) is 11.3 Å². The van der Waals surface area contributed by atoms with E-state index in [0.29, 0.717) is 12.1 Å². The number of hydrogen-bond acceptors (Lipinski definition) is 5. The molecule has 0 saturated carbocycles. The second-order valence-electron chi connectivity index (χ2n) is 7.00. The number of hydrogen-bond donors (Lipinski definition) is 2. The Bertz CT molecular complexity index is 894. The van der Waals surface area contributed by atoms with Crippen molar-refractivity contribution in [2.75, 3.05) is 11.4 Å². The number of carboxylic acids is 1. The average molecular weight is 389 g/mol. The highest BCUT2D eigenvalue weighted by Gasteiger charge is 2.37. The summed E-state index contributed by atoms with van der Waals surface area (Å²) < 4.78 is 1.05. The zero-order valence-corrected chi connectivity index (χ0v) is 16.4. The molecule has 144 valence electrons. The van der Waals surface area contributed by atoms with E-state index in [4.69, 9.17) is 0 Å². The first-order chi connectivity index (χ1) is 12.8. The molecule has 1 aliphatic rings. The van der Waals surface area contributed by atoms with E-state index < -0.39 is 17.9 Å². The summed E-state index contributed by atoms with van der Waals surface area (Å²) in [5, 5.41) is 12.9. The third kappa shape index (κ3) is 3.95. The largest absolute Gasteiger partial charge is 0.480 e. The number of rotatable bonds is 6. The van der Waals surface area contributed by atoms with Crippen LogP contribution in [-0.2, 0) is 14.4 Å². The predicted octanol–water partition coefficient (Wildman–Crippen LogP) is 2.57. The van der Waals surface area contributed by atoms with Crippen molar-refractivity contribution in [3.05, 3.63) is 23.2 Å². The summed E-state index contributed by atoms with van der Waals surface area (Å²) in [5.74, 6) is -2.32. The van der Waals surface area contributed by atoms with E-state index >= 15 is 0 Å². The number of anilines is 1. The fourth-order valence-electron chi connectivity index (χ4n) is 3.29. The summed E-state index contributed by atoms with van der Waals surface area (Å²) in [6.07, 6.45) is 0.715. The average Bonchev–Trinajstić information content (AvgIpc) is 3.19. The van der Waals surface area contributed by atoms with Crippen LogP contribution in [0.3, 0.4) is 0 Å². The SMILES string of the molecule is CCC(C)C(NC(=O)C1CC(=O)N(c2ccc3sc(C)nc3c2)C1)C(=O)O. The summed E-state index contributed by atoms with van der Waals surface area (Å²) in [7, 11) is 0. The van der Waals surface area contributed by atoms with E-state index in [-0.39, 0.29) is 30.7 Å². The Hall–Kier alpha value is -2.48. The Morgan fingerprint density at radius 3 is 2.85 bits per heavy atom. The van der Waals surface area contributed by atoms with Crippen molar-refractivity contribution < 1.29 is 19.5 Å².